The van der Waals surface area contributed by atoms with Crippen LogP contribution in [0.15, 0.2) is 16.3 Å². The second kappa shape index (κ2) is 5.19. The summed E-state index contributed by atoms with van der Waals surface area (Å²) in [5.41, 5.74) is 0. The Morgan fingerprint density at radius 1 is 1.47 bits per heavy atom. The second-order valence-electron chi connectivity index (χ2n) is 3.34. The van der Waals surface area contributed by atoms with E-state index in [4.69, 9.17) is 0 Å². The van der Waals surface area contributed by atoms with Crippen molar-refractivity contribution < 1.29 is 13.3 Å². The third-order valence-corrected chi connectivity index (χ3v) is 5.50. The monoisotopic (exact) mass is 320 g/mol. The minimum atomic E-state index is -3.86. The van der Waals surface area contributed by atoms with Crippen molar-refractivity contribution in [3.05, 3.63) is 26.6 Å². The zero-order valence-corrected chi connectivity index (χ0v) is 12.0. The van der Waals surface area contributed by atoms with Crippen molar-refractivity contribution in [3.63, 3.8) is 0 Å². The van der Waals surface area contributed by atoms with Gasteiger partial charge in [-0.1, -0.05) is 29.6 Å². The highest BCUT2D eigenvalue weighted by Crippen LogP contribution is 2.27. The molecule has 0 unspecified atom stereocenters. The molecule has 0 amide bonds. The zero-order valence-electron chi connectivity index (χ0n) is 9.56. The number of aromatic nitrogens is 2. The first kappa shape index (κ1) is 13.8. The molecule has 0 radical (unpaired) electrons. The maximum Gasteiger partial charge on any atom is 0.325 e. The summed E-state index contributed by atoms with van der Waals surface area (Å²) in [6, 6.07) is 1.01. The summed E-state index contributed by atoms with van der Waals surface area (Å²) in [5, 5.41) is 19.8. The first-order valence-corrected chi connectivity index (χ1v) is 8.18. The molecule has 0 aliphatic rings. The van der Waals surface area contributed by atoms with Gasteiger partial charge in [-0.2, -0.15) is 0 Å². The van der Waals surface area contributed by atoms with Crippen molar-refractivity contribution >= 4 is 42.8 Å². The fraction of sp³-hybridized carbons (Fsp3) is 0.250. The van der Waals surface area contributed by atoms with Gasteiger partial charge in [-0.05, 0) is 6.42 Å². The van der Waals surface area contributed by atoms with Gasteiger partial charge in [0.05, 0.1) is 4.92 Å². The van der Waals surface area contributed by atoms with E-state index < -0.39 is 14.9 Å². The highest BCUT2D eigenvalue weighted by atomic mass is 32.2. The summed E-state index contributed by atoms with van der Waals surface area (Å²) in [5.74, 6) is 0. The fourth-order valence-electron chi connectivity index (χ4n) is 1.16. The molecule has 1 N–H and O–H groups in total. The second-order valence-corrected chi connectivity index (χ2v) is 6.97. The van der Waals surface area contributed by atoms with Crippen LogP contribution in [0.4, 0.5) is 10.1 Å². The average molecular weight is 320 g/mol. The minimum Gasteiger partial charge on any atom is -0.258 e. The van der Waals surface area contributed by atoms with Gasteiger partial charge in [0.1, 0.15) is 9.90 Å². The molecule has 0 fully saturated rings. The van der Waals surface area contributed by atoms with Crippen LogP contribution in [0.2, 0.25) is 0 Å². The van der Waals surface area contributed by atoms with Crippen molar-refractivity contribution in [3.8, 4) is 0 Å². The lowest BCUT2D eigenvalue weighted by Crippen LogP contribution is -2.11. The van der Waals surface area contributed by atoms with Crippen LogP contribution in [0.25, 0.3) is 0 Å². The number of nitrogens with one attached hydrogen (secondary N) is 1. The maximum atomic E-state index is 11.9. The van der Waals surface area contributed by atoms with Gasteiger partial charge in [0, 0.05) is 11.4 Å². The number of hydrogen-bond acceptors (Lipinski definition) is 8. The lowest BCUT2D eigenvalue weighted by atomic mass is 10.5. The van der Waals surface area contributed by atoms with E-state index in [9.17, 15) is 18.5 Å². The minimum absolute atomic E-state index is 0.144. The number of rotatable bonds is 5. The van der Waals surface area contributed by atoms with E-state index >= 15 is 0 Å². The zero-order chi connectivity index (χ0) is 14.0. The normalized spacial score (nSPS) is 11.4. The van der Waals surface area contributed by atoms with Crippen molar-refractivity contribution in [2.24, 2.45) is 0 Å². The predicted octanol–water partition coefficient (Wildman–Crippen LogP) is 1.87. The molecular weight excluding hydrogens is 312 g/mol. The van der Waals surface area contributed by atoms with E-state index in [1.807, 2.05) is 6.92 Å². The molecule has 0 aromatic carbocycles. The largest absolute Gasteiger partial charge is 0.325 e. The molecule has 0 atom stereocenters. The van der Waals surface area contributed by atoms with Crippen LogP contribution in [0, 0.1) is 10.1 Å². The molecule has 19 heavy (non-hydrogen) atoms. The first-order valence-electron chi connectivity index (χ1n) is 5.00. The molecule has 102 valence electrons. The lowest BCUT2D eigenvalue weighted by Gasteiger charge is -2.00. The van der Waals surface area contributed by atoms with Gasteiger partial charge in [-0.15, -0.1) is 10.2 Å². The van der Waals surface area contributed by atoms with Gasteiger partial charge in [0.25, 0.3) is 10.0 Å². The van der Waals surface area contributed by atoms with Gasteiger partial charge in [0.2, 0.25) is 5.13 Å². The molecule has 0 saturated heterocycles. The number of anilines is 1. The van der Waals surface area contributed by atoms with E-state index in [1.165, 1.54) is 5.38 Å². The molecule has 2 aromatic rings. The van der Waals surface area contributed by atoms with Crippen LogP contribution in [0.1, 0.15) is 11.9 Å². The van der Waals surface area contributed by atoms with Gasteiger partial charge in [-0.3, -0.25) is 14.8 Å². The highest BCUT2D eigenvalue weighted by molar-refractivity contribution is 7.93. The molecule has 2 heterocycles. The van der Waals surface area contributed by atoms with Crippen LogP contribution in [-0.2, 0) is 16.4 Å². The van der Waals surface area contributed by atoms with Crippen molar-refractivity contribution in [2.75, 3.05) is 4.72 Å². The van der Waals surface area contributed by atoms with Crippen LogP contribution in [-0.4, -0.2) is 23.5 Å². The van der Waals surface area contributed by atoms with E-state index in [-0.39, 0.29) is 15.0 Å². The topological polar surface area (TPSA) is 115 Å². The number of hydrogen-bond donors (Lipinski definition) is 1. The van der Waals surface area contributed by atoms with Crippen molar-refractivity contribution in [1.29, 1.82) is 0 Å². The fourth-order valence-corrected chi connectivity index (χ4v) is 4.15. The summed E-state index contributed by atoms with van der Waals surface area (Å²) in [6.07, 6.45) is 0.656. The summed E-state index contributed by atoms with van der Waals surface area (Å²) < 4.78 is 26.1. The van der Waals surface area contributed by atoms with Crippen LogP contribution >= 0.6 is 22.7 Å². The summed E-state index contributed by atoms with van der Waals surface area (Å²) in [6.45, 7) is 1.88. The molecule has 0 spiro atoms. The lowest BCUT2D eigenvalue weighted by molar-refractivity contribution is -0.380. The molecule has 0 bridgehead atoms. The standard InChI is InChI=1S/C8H8N4O4S3/c1-2-6-9-10-8(18-6)11-19(15,16)5-3-7(12(13)14)17-4-5/h3-4H,2H2,1H3,(H,10,11). The van der Waals surface area contributed by atoms with Crippen LogP contribution in [0.3, 0.4) is 0 Å². The highest BCUT2D eigenvalue weighted by Gasteiger charge is 2.21. The Kier molecular flexibility index (Phi) is 3.78. The number of thiophene rings is 1. The third kappa shape index (κ3) is 3.05. The van der Waals surface area contributed by atoms with Gasteiger partial charge >= 0.3 is 5.00 Å². The van der Waals surface area contributed by atoms with Gasteiger partial charge in [-0.25, -0.2) is 8.42 Å². The van der Waals surface area contributed by atoms with Crippen LogP contribution < -0.4 is 4.72 Å². The summed E-state index contributed by atoms with van der Waals surface area (Å²) in [7, 11) is -3.86. The Morgan fingerprint density at radius 3 is 2.74 bits per heavy atom. The molecular formula is C8H8N4O4S3. The molecule has 0 saturated carbocycles. The Labute approximate surface area is 116 Å². The average Bonchev–Trinajstić information content (AvgIpc) is 2.95. The van der Waals surface area contributed by atoms with Crippen molar-refractivity contribution in [2.45, 2.75) is 18.2 Å². The molecule has 2 aromatic heterocycles. The molecule has 8 nitrogen and oxygen atoms in total. The van der Waals surface area contributed by atoms with E-state index in [1.54, 1.807) is 0 Å². The van der Waals surface area contributed by atoms with Crippen LogP contribution in [0.5, 0.6) is 0 Å². The Bertz CT molecular complexity index is 705. The first-order chi connectivity index (χ1) is 8.92. The maximum absolute atomic E-state index is 11.9. The summed E-state index contributed by atoms with van der Waals surface area (Å²) >= 11 is 1.88. The SMILES string of the molecule is CCc1nnc(NS(=O)(=O)c2csc([N+](=O)[O-])c2)s1. The number of aryl methyl sites for hydroxylation is 1. The summed E-state index contributed by atoms with van der Waals surface area (Å²) in [4.78, 5) is 9.73. The number of sulfonamides is 1. The molecule has 0 aliphatic heterocycles. The predicted molar refractivity (Wildman–Crippen MR) is 71.1 cm³/mol. The Hall–Kier alpha value is -1.59. The third-order valence-electron chi connectivity index (χ3n) is 2.04. The van der Waals surface area contributed by atoms with Gasteiger partial charge in [0.15, 0.2) is 0 Å². The van der Waals surface area contributed by atoms with Gasteiger partial charge < -0.3 is 0 Å². The Morgan fingerprint density at radius 2 is 2.21 bits per heavy atom. The molecule has 2 rings (SSSR count). The number of nitro groups is 1. The van der Waals surface area contributed by atoms with E-state index in [0.717, 1.165) is 28.7 Å². The van der Waals surface area contributed by atoms with E-state index in [0.29, 0.717) is 11.4 Å². The molecule has 0 aliphatic carbocycles. The molecule has 11 heteroatoms. The number of nitrogens with zero attached hydrogens (tertiary/aromatic N) is 3. The van der Waals surface area contributed by atoms with Crippen molar-refractivity contribution in [1.82, 2.24) is 10.2 Å². The quantitative estimate of drug-likeness (QED) is 0.664. The Balaban J connectivity index is 2.24. The van der Waals surface area contributed by atoms with E-state index in [2.05, 4.69) is 14.9 Å². The smallest absolute Gasteiger partial charge is 0.258 e.